The molecule has 108 valence electrons. The van der Waals surface area contributed by atoms with Crippen LogP contribution in [0.4, 0.5) is 5.69 Å². The molecule has 3 rings (SSSR count). The summed E-state index contributed by atoms with van der Waals surface area (Å²) in [5.74, 6) is 0.874. The Balaban J connectivity index is 1.62. The smallest absolute Gasteiger partial charge is 0.238 e. The molecule has 21 heavy (non-hydrogen) atoms. The van der Waals surface area contributed by atoms with Crippen molar-refractivity contribution in [1.29, 1.82) is 0 Å². The van der Waals surface area contributed by atoms with Crippen molar-refractivity contribution in [2.24, 2.45) is 0 Å². The molecule has 1 aliphatic heterocycles. The van der Waals surface area contributed by atoms with Crippen molar-refractivity contribution in [3.63, 3.8) is 0 Å². The van der Waals surface area contributed by atoms with Gasteiger partial charge in [0.1, 0.15) is 5.75 Å². The minimum atomic E-state index is -0.0473. The van der Waals surface area contributed by atoms with Gasteiger partial charge in [0.05, 0.1) is 11.9 Å². The van der Waals surface area contributed by atoms with E-state index in [0.717, 1.165) is 17.9 Å². The number of carbonyl (C=O) groups excluding carboxylic acids is 1. The molecule has 1 N–H and O–H groups in total. The maximum atomic E-state index is 12.3. The summed E-state index contributed by atoms with van der Waals surface area (Å²) in [5.41, 5.74) is 2.06. The maximum Gasteiger partial charge on any atom is 0.238 e. The van der Waals surface area contributed by atoms with Gasteiger partial charge in [-0.15, -0.1) is 11.8 Å². The van der Waals surface area contributed by atoms with Gasteiger partial charge in [-0.3, -0.25) is 4.79 Å². The topological polar surface area (TPSA) is 38.3 Å². The molecule has 0 bridgehead atoms. The SMILES string of the molecule is CCOc1ccc(NC(=O)C2Cc3ccccc3S2)cc1. The summed E-state index contributed by atoms with van der Waals surface area (Å²) in [6.07, 6.45) is 0.795. The van der Waals surface area contributed by atoms with E-state index >= 15 is 0 Å². The number of rotatable bonds is 4. The number of benzene rings is 2. The van der Waals surface area contributed by atoms with Gasteiger partial charge in [-0.25, -0.2) is 0 Å². The molecule has 1 amide bonds. The van der Waals surface area contributed by atoms with Crippen LogP contribution in [0.5, 0.6) is 5.75 Å². The third kappa shape index (κ3) is 3.22. The normalized spacial score (nSPS) is 16.3. The zero-order chi connectivity index (χ0) is 14.7. The Morgan fingerprint density at radius 2 is 2.00 bits per heavy atom. The first-order chi connectivity index (χ1) is 10.3. The average Bonchev–Trinajstić information content (AvgIpc) is 2.94. The van der Waals surface area contributed by atoms with Crippen molar-refractivity contribution < 1.29 is 9.53 Å². The Kier molecular flexibility index (Phi) is 4.15. The number of fused-ring (bicyclic) bond motifs is 1. The van der Waals surface area contributed by atoms with E-state index in [2.05, 4.69) is 17.4 Å². The Bertz CT molecular complexity index is 614. The van der Waals surface area contributed by atoms with Crippen LogP contribution in [0, 0.1) is 0 Å². The number of hydrogen-bond acceptors (Lipinski definition) is 3. The lowest BCUT2D eigenvalue weighted by Gasteiger charge is -2.10. The van der Waals surface area contributed by atoms with E-state index in [1.807, 2.05) is 43.3 Å². The second-order valence-electron chi connectivity index (χ2n) is 4.86. The summed E-state index contributed by atoms with van der Waals surface area (Å²) < 4.78 is 5.39. The van der Waals surface area contributed by atoms with Crippen LogP contribution >= 0.6 is 11.8 Å². The van der Waals surface area contributed by atoms with Crippen LogP contribution < -0.4 is 10.1 Å². The summed E-state index contributed by atoms with van der Waals surface area (Å²) in [4.78, 5) is 13.5. The second kappa shape index (κ2) is 6.22. The van der Waals surface area contributed by atoms with E-state index in [-0.39, 0.29) is 11.2 Å². The summed E-state index contributed by atoms with van der Waals surface area (Å²) in [6, 6.07) is 15.7. The third-order valence-corrected chi connectivity index (χ3v) is 4.69. The van der Waals surface area contributed by atoms with E-state index < -0.39 is 0 Å². The molecule has 2 aromatic rings. The molecular formula is C17H17NO2S. The molecule has 0 aromatic heterocycles. The highest BCUT2D eigenvalue weighted by Crippen LogP contribution is 2.37. The number of thioether (sulfide) groups is 1. The highest BCUT2D eigenvalue weighted by Gasteiger charge is 2.27. The third-order valence-electron chi connectivity index (χ3n) is 3.37. The molecule has 1 heterocycles. The fraction of sp³-hybridized carbons (Fsp3) is 0.235. The van der Waals surface area contributed by atoms with Crippen molar-refractivity contribution in [2.45, 2.75) is 23.5 Å². The van der Waals surface area contributed by atoms with E-state index in [1.54, 1.807) is 11.8 Å². The molecule has 0 radical (unpaired) electrons. The monoisotopic (exact) mass is 299 g/mol. The predicted molar refractivity (Wildman–Crippen MR) is 86.0 cm³/mol. The van der Waals surface area contributed by atoms with Crippen LogP contribution in [0.15, 0.2) is 53.4 Å². The molecular weight excluding hydrogens is 282 g/mol. The van der Waals surface area contributed by atoms with Gasteiger partial charge in [0.15, 0.2) is 0 Å². The van der Waals surface area contributed by atoms with Crippen molar-refractivity contribution in [3.05, 3.63) is 54.1 Å². The van der Waals surface area contributed by atoms with Gasteiger partial charge in [0, 0.05) is 10.6 Å². The lowest BCUT2D eigenvalue weighted by atomic mass is 10.1. The summed E-state index contributed by atoms with van der Waals surface area (Å²) in [6.45, 7) is 2.59. The van der Waals surface area contributed by atoms with Crippen molar-refractivity contribution in [2.75, 3.05) is 11.9 Å². The van der Waals surface area contributed by atoms with E-state index in [4.69, 9.17) is 4.74 Å². The van der Waals surface area contributed by atoms with Gasteiger partial charge >= 0.3 is 0 Å². The van der Waals surface area contributed by atoms with Crippen molar-refractivity contribution in [3.8, 4) is 5.75 Å². The fourth-order valence-electron chi connectivity index (χ4n) is 2.35. The van der Waals surface area contributed by atoms with Gasteiger partial charge in [-0.1, -0.05) is 18.2 Å². The van der Waals surface area contributed by atoms with Gasteiger partial charge in [-0.05, 0) is 49.2 Å². The highest BCUT2D eigenvalue weighted by molar-refractivity contribution is 8.01. The number of hydrogen-bond donors (Lipinski definition) is 1. The van der Waals surface area contributed by atoms with Gasteiger partial charge in [0.2, 0.25) is 5.91 Å². The number of ether oxygens (including phenoxy) is 1. The quantitative estimate of drug-likeness (QED) is 0.934. The zero-order valence-corrected chi connectivity index (χ0v) is 12.7. The first-order valence-electron chi connectivity index (χ1n) is 7.04. The molecule has 1 atom stereocenters. The maximum absolute atomic E-state index is 12.3. The fourth-order valence-corrected chi connectivity index (χ4v) is 3.55. The second-order valence-corrected chi connectivity index (χ2v) is 6.11. The zero-order valence-electron chi connectivity index (χ0n) is 11.8. The number of anilines is 1. The standard InChI is InChI=1S/C17H17NO2S/c1-2-20-14-9-7-13(8-10-14)18-17(19)16-11-12-5-3-4-6-15(12)21-16/h3-10,16H,2,11H2,1H3,(H,18,19). The van der Waals surface area contributed by atoms with Crippen LogP contribution in [0.2, 0.25) is 0 Å². The molecule has 1 aliphatic rings. The lowest BCUT2D eigenvalue weighted by molar-refractivity contribution is -0.115. The van der Waals surface area contributed by atoms with Crippen molar-refractivity contribution in [1.82, 2.24) is 0 Å². The van der Waals surface area contributed by atoms with Crippen LogP contribution in [-0.2, 0) is 11.2 Å². The first-order valence-corrected chi connectivity index (χ1v) is 7.92. The summed E-state index contributed by atoms with van der Waals surface area (Å²) >= 11 is 1.64. The lowest BCUT2D eigenvalue weighted by Crippen LogP contribution is -2.24. The molecule has 1 unspecified atom stereocenters. The number of carbonyl (C=O) groups is 1. The number of nitrogens with one attached hydrogen (secondary N) is 1. The molecule has 0 saturated carbocycles. The predicted octanol–water partition coefficient (Wildman–Crippen LogP) is 3.74. The number of amides is 1. The van der Waals surface area contributed by atoms with E-state index in [0.29, 0.717) is 6.61 Å². The molecule has 0 spiro atoms. The summed E-state index contributed by atoms with van der Waals surface area (Å²) in [5, 5.41) is 2.93. The average molecular weight is 299 g/mol. The van der Waals surface area contributed by atoms with Gasteiger partial charge in [-0.2, -0.15) is 0 Å². The van der Waals surface area contributed by atoms with Crippen LogP contribution in [-0.4, -0.2) is 17.8 Å². The first kappa shape index (κ1) is 14.0. The van der Waals surface area contributed by atoms with E-state index in [1.165, 1.54) is 10.5 Å². The van der Waals surface area contributed by atoms with Gasteiger partial charge in [0.25, 0.3) is 0 Å². The largest absolute Gasteiger partial charge is 0.494 e. The molecule has 0 saturated heterocycles. The van der Waals surface area contributed by atoms with Gasteiger partial charge < -0.3 is 10.1 Å². The Hall–Kier alpha value is -1.94. The molecule has 0 fully saturated rings. The summed E-state index contributed by atoms with van der Waals surface area (Å²) in [7, 11) is 0. The Labute approximate surface area is 128 Å². The van der Waals surface area contributed by atoms with Crippen LogP contribution in [0.3, 0.4) is 0 Å². The Morgan fingerprint density at radius 3 is 2.71 bits per heavy atom. The Morgan fingerprint density at radius 1 is 1.24 bits per heavy atom. The van der Waals surface area contributed by atoms with Crippen LogP contribution in [0.25, 0.3) is 0 Å². The molecule has 0 aliphatic carbocycles. The van der Waals surface area contributed by atoms with Crippen LogP contribution in [0.1, 0.15) is 12.5 Å². The minimum Gasteiger partial charge on any atom is -0.494 e. The van der Waals surface area contributed by atoms with Crippen molar-refractivity contribution >= 4 is 23.4 Å². The highest BCUT2D eigenvalue weighted by atomic mass is 32.2. The molecule has 2 aromatic carbocycles. The molecule has 4 heteroatoms. The van der Waals surface area contributed by atoms with E-state index in [9.17, 15) is 4.79 Å². The molecule has 3 nitrogen and oxygen atoms in total. The minimum absolute atomic E-state index is 0.0473.